The molecule has 2 rings (SSSR count). The summed E-state index contributed by atoms with van der Waals surface area (Å²) in [5.41, 5.74) is 0. The predicted octanol–water partition coefficient (Wildman–Crippen LogP) is 1.38. The van der Waals surface area contributed by atoms with E-state index >= 15 is 0 Å². The number of hydrogen-bond donors (Lipinski definition) is 0. The summed E-state index contributed by atoms with van der Waals surface area (Å²) < 4.78 is 5.61. The quantitative estimate of drug-likeness (QED) is 0.614. The highest BCUT2D eigenvalue weighted by Gasteiger charge is 2.40. The molecule has 0 aromatic heterocycles. The molecule has 0 aliphatic carbocycles. The number of rotatable bonds is 1. The number of carbonyl (C=O) groups is 1. The third-order valence-corrected chi connectivity index (χ3v) is 3.03. The van der Waals surface area contributed by atoms with E-state index in [4.69, 9.17) is 4.74 Å². The van der Waals surface area contributed by atoms with E-state index in [-0.39, 0.29) is 12.1 Å². The van der Waals surface area contributed by atoms with Crippen LogP contribution in [0.25, 0.3) is 0 Å². The van der Waals surface area contributed by atoms with Gasteiger partial charge in [-0.25, -0.2) is 0 Å². The van der Waals surface area contributed by atoms with Gasteiger partial charge in [-0.05, 0) is 18.8 Å². The zero-order valence-corrected chi connectivity index (χ0v) is 8.32. The van der Waals surface area contributed by atoms with Crippen molar-refractivity contribution in [3.63, 3.8) is 0 Å². The molecule has 2 atom stereocenters. The minimum atomic E-state index is 0.0913. The molecule has 0 N–H and O–H groups in total. The van der Waals surface area contributed by atoms with Gasteiger partial charge in [0.25, 0.3) is 0 Å². The minimum absolute atomic E-state index is 0.0913. The first-order valence-electron chi connectivity index (χ1n) is 5.13. The Bertz CT molecular complexity index is 215. The van der Waals surface area contributed by atoms with Crippen molar-refractivity contribution in [1.82, 2.24) is 4.90 Å². The third kappa shape index (κ3) is 1.46. The average molecular weight is 183 g/mol. The van der Waals surface area contributed by atoms with Crippen molar-refractivity contribution in [3.05, 3.63) is 0 Å². The molecule has 0 bridgehead atoms. The summed E-state index contributed by atoms with van der Waals surface area (Å²) in [4.78, 5) is 13.6. The highest BCUT2D eigenvalue weighted by atomic mass is 16.5. The fourth-order valence-electron chi connectivity index (χ4n) is 2.22. The van der Waals surface area contributed by atoms with Gasteiger partial charge in [0.1, 0.15) is 6.23 Å². The van der Waals surface area contributed by atoms with Crippen molar-refractivity contribution in [1.29, 1.82) is 0 Å². The van der Waals surface area contributed by atoms with Gasteiger partial charge < -0.3 is 9.64 Å². The Kier molecular flexibility index (Phi) is 2.28. The van der Waals surface area contributed by atoms with Gasteiger partial charge in [-0.15, -0.1) is 0 Å². The van der Waals surface area contributed by atoms with Crippen molar-refractivity contribution in [2.75, 3.05) is 6.61 Å². The van der Waals surface area contributed by atoms with Gasteiger partial charge in [-0.3, -0.25) is 4.79 Å². The lowest BCUT2D eigenvalue weighted by atomic mass is 10.0. The zero-order chi connectivity index (χ0) is 9.42. The van der Waals surface area contributed by atoms with Crippen molar-refractivity contribution in [2.24, 2.45) is 5.92 Å². The van der Waals surface area contributed by atoms with Gasteiger partial charge in [-0.2, -0.15) is 0 Å². The molecule has 2 aliphatic rings. The molecule has 0 radical (unpaired) electrons. The van der Waals surface area contributed by atoms with Crippen molar-refractivity contribution >= 4 is 5.91 Å². The molecule has 0 aromatic rings. The summed E-state index contributed by atoms with van der Waals surface area (Å²) in [6.45, 7) is 5.03. The molecule has 0 spiro atoms. The van der Waals surface area contributed by atoms with Gasteiger partial charge in [0.15, 0.2) is 0 Å². The summed E-state index contributed by atoms with van der Waals surface area (Å²) >= 11 is 0. The van der Waals surface area contributed by atoms with Crippen LogP contribution in [-0.4, -0.2) is 29.7 Å². The fourth-order valence-corrected chi connectivity index (χ4v) is 2.22. The largest absolute Gasteiger partial charge is 0.356 e. The first-order valence-corrected chi connectivity index (χ1v) is 5.13. The smallest absolute Gasteiger partial charge is 0.224 e. The second-order valence-corrected chi connectivity index (χ2v) is 4.29. The molecule has 2 fully saturated rings. The molecule has 1 unspecified atom stereocenters. The average Bonchev–Trinajstić information content (AvgIpc) is 2.49. The second kappa shape index (κ2) is 3.29. The Labute approximate surface area is 79.0 Å². The topological polar surface area (TPSA) is 29.5 Å². The maximum absolute atomic E-state index is 11.6. The zero-order valence-electron chi connectivity index (χ0n) is 8.32. The molecule has 0 saturated carbocycles. The van der Waals surface area contributed by atoms with Gasteiger partial charge in [0.05, 0.1) is 12.6 Å². The van der Waals surface area contributed by atoms with Crippen LogP contribution in [0.1, 0.15) is 33.1 Å². The summed E-state index contributed by atoms with van der Waals surface area (Å²) in [7, 11) is 0. The Hall–Kier alpha value is -0.570. The molecular formula is C10H17NO2. The first kappa shape index (κ1) is 9.00. The van der Waals surface area contributed by atoms with Crippen LogP contribution >= 0.6 is 0 Å². The number of nitrogens with zero attached hydrogens (tertiary/aromatic N) is 1. The van der Waals surface area contributed by atoms with E-state index in [9.17, 15) is 4.79 Å². The van der Waals surface area contributed by atoms with E-state index in [0.717, 1.165) is 19.4 Å². The summed E-state index contributed by atoms with van der Waals surface area (Å²) in [5, 5.41) is 0. The molecule has 2 heterocycles. The minimum Gasteiger partial charge on any atom is -0.356 e. The molecule has 3 heteroatoms. The highest BCUT2D eigenvalue weighted by Crippen LogP contribution is 2.30. The summed E-state index contributed by atoms with van der Waals surface area (Å²) in [5.74, 6) is 0.791. The van der Waals surface area contributed by atoms with E-state index in [1.54, 1.807) is 0 Å². The highest BCUT2D eigenvalue weighted by molar-refractivity contribution is 5.77. The lowest BCUT2D eigenvalue weighted by Gasteiger charge is -2.33. The van der Waals surface area contributed by atoms with Crippen LogP contribution in [-0.2, 0) is 9.53 Å². The van der Waals surface area contributed by atoms with Gasteiger partial charge in [-0.1, -0.05) is 13.8 Å². The fraction of sp³-hybridized carbons (Fsp3) is 0.900. The molecule has 13 heavy (non-hydrogen) atoms. The van der Waals surface area contributed by atoms with E-state index < -0.39 is 0 Å². The van der Waals surface area contributed by atoms with Crippen LogP contribution in [0.3, 0.4) is 0 Å². The van der Waals surface area contributed by atoms with E-state index in [2.05, 4.69) is 13.8 Å². The number of ether oxygens (including phenoxy) is 1. The van der Waals surface area contributed by atoms with E-state index in [1.165, 1.54) is 0 Å². The number of amides is 1. The number of carbonyl (C=O) groups excluding carboxylic acids is 1. The summed E-state index contributed by atoms with van der Waals surface area (Å²) in [6.07, 6.45) is 2.82. The normalized spacial score (nSPS) is 34.1. The number of piperidine rings is 1. The van der Waals surface area contributed by atoms with Crippen LogP contribution in [0.2, 0.25) is 0 Å². The van der Waals surface area contributed by atoms with Gasteiger partial charge in [0, 0.05) is 6.42 Å². The maximum Gasteiger partial charge on any atom is 0.224 e. The lowest BCUT2D eigenvalue weighted by Crippen LogP contribution is -2.46. The number of hydrogen-bond acceptors (Lipinski definition) is 2. The molecule has 1 amide bonds. The van der Waals surface area contributed by atoms with Crippen LogP contribution in [0.15, 0.2) is 0 Å². The van der Waals surface area contributed by atoms with Gasteiger partial charge >= 0.3 is 0 Å². The molecule has 3 nitrogen and oxygen atoms in total. The third-order valence-electron chi connectivity index (χ3n) is 3.03. The standard InChI is InChI=1S/C10H17NO2/c1-7(2)8-6-13-10-5-3-4-9(12)11(8)10/h7-8,10H,3-6H2,1-2H3/t8-,10?/m1/s1. The van der Waals surface area contributed by atoms with Crippen LogP contribution in [0, 0.1) is 5.92 Å². The first-order chi connectivity index (χ1) is 6.20. The van der Waals surface area contributed by atoms with Gasteiger partial charge in [0.2, 0.25) is 5.91 Å². The maximum atomic E-state index is 11.6. The molecule has 2 aliphatic heterocycles. The lowest BCUT2D eigenvalue weighted by molar-refractivity contribution is -0.142. The van der Waals surface area contributed by atoms with Crippen molar-refractivity contribution in [3.8, 4) is 0 Å². The van der Waals surface area contributed by atoms with E-state index in [1.807, 2.05) is 4.90 Å². The Morgan fingerprint density at radius 2 is 2.31 bits per heavy atom. The van der Waals surface area contributed by atoms with E-state index in [0.29, 0.717) is 18.4 Å². The van der Waals surface area contributed by atoms with Crippen LogP contribution < -0.4 is 0 Å². The SMILES string of the molecule is CC(C)[C@H]1COC2CCCC(=O)N21. The van der Waals surface area contributed by atoms with Crippen molar-refractivity contribution in [2.45, 2.75) is 45.4 Å². The predicted molar refractivity (Wildman–Crippen MR) is 49.1 cm³/mol. The molecular weight excluding hydrogens is 166 g/mol. The van der Waals surface area contributed by atoms with Crippen LogP contribution in [0.4, 0.5) is 0 Å². The Morgan fingerprint density at radius 1 is 1.54 bits per heavy atom. The Balaban J connectivity index is 2.13. The molecule has 74 valence electrons. The Morgan fingerprint density at radius 3 is 3.00 bits per heavy atom. The molecule has 0 aromatic carbocycles. The monoisotopic (exact) mass is 183 g/mol. The van der Waals surface area contributed by atoms with Crippen molar-refractivity contribution < 1.29 is 9.53 Å². The molecule has 2 saturated heterocycles. The number of fused-ring (bicyclic) bond motifs is 1. The second-order valence-electron chi connectivity index (χ2n) is 4.29. The van der Waals surface area contributed by atoms with Crippen LogP contribution in [0.5, 0.6) is 0 Å². The summed E-state index contributed by atoms with van der Waals surface area (Å²) in [6, 6.07) is 0.317.